The van der Waals surface area contributed by atoms with Crippen molar-refractivity contribution < 1.29 is 9.90 Å². The standard InChI is InChI=1S/C11H16O2S/c1-3-4-5-10(11(12)13)9-6-7-14-8(9)2/h6-7,10H,3-5H2,1-2H3,(H,12,13). The molecule has 0 aliphatic heterocycles. The second-order valence-electron chi connectivity index (χ2n) is 3.47. The van der Waals surface area contributed by atoms with Crippen LogP contribution in [0.15, 0.2) is 11.4 Å². The van der Waals surface area contributed by atoms with Crippen LogP contribution >= 0.6 is 11.3 Å². The van der Waals surface area contributed by atoms with Crippen LogP contribution in [0.4, 0.5) is 0 Å². The summed E-state index contributed by atoms with van der Waals surface area (Å²) in [5, 5.41) is 11.1. The molecule has 3 heteroatoms. The molecule has 0 saturated carbocycles. The number of carboxylic acids is 1. The maximum atomic E-state index is 11.1. The van der Waals surface area contributed by atoms with Crippen LogP contribution in [0.25, 0.3) is 0 Å². The average Bonchev–Trinajstić information content (AvgIpc) is 2.52. The summed E-state index contributed by atoms with van der Waals surface area (Å²) in [6.45, 7) is 4.07. The molecule has 0 radical (unpaired) electrons. The van der Waals surface area contributed by atoms with Gasteiger partial charge in [0.25, 0.3) is 0 Å². The smallest absolute Gasteiger partial charge is 0.311 e. The van der Waals surface area contributed by atoms with Crippen LogP contribution in [0, 0.1) is 6.92 Å². The van der Waals surface area contributed by atoms with Crippen molar-refractivity contribution in [3.05, 3.63) is 21.9 Å². The monoisotopic (exact) mass is 212 g/mol. The molecular formula is C11H16O2S. The lowest BCUT2D eigenvalue weighted by atomic mass is 9.94. The zero-order valence-electron chi connectivity index (χ0n) is 8.62. The summed E-state index contributed by atoms with van der Waals surface area (Å²) >= 11 is 1.62. The predicted octanol–water partition coefficient (Wildman–Crippen LogP) is 3.41. The quantitative estimate of drug-likeness (QED) is 0.812. The van der Waals surface area contributed by atoms with Crippen LogP contribution < -0.4 is 0 Å². The predicted molar refractivity (Wildman–Crippen MR) is 59.0 cm³/mol. The van der Waals surface area contributed by atoms with E-state index >= 15 is 0 Å². The van der Waals surface area contributed by atoms with Gasteiger partial charge in [-0.1, -0.05) is 19.8 Å². The van der Waals surface area contributed by atoms with E-state index in [4.69, 9.17) is 5.11 Å². The molecule has 14 heavy (non-hydrogen) atoms. The van der Waals surface area contributed by atoms with E-state index in [0.717, 1.165) is 29.7 Å². The van der Waals surface area contributed by atoms with Crippen molar-refractivity contribution in [2.45, 2.75) is 39.0 Å². The molecule has 0 aromatic carbocycles. The van der Waals surface area contributed by atoms with Gasteiger partial charge in [0, 0.05) is 4.88 Å². The number of aliphatic carboxylic acids is 1. The molecule has 0 bridgehead atoms. The first kappa shape index (κ1) is 11.2. The fourth-order valence-electron chi connectivity index (χ4n) is 1.58. The first-order chi connectivity index (χ1) is 6.66. The molecule has 0 aliphatic carbocycles. The third kappa shape index (κ3) is 2.58. The van der Waals surface area contributed by atoms with Gasteiger partial charge in [0.05, 0.1) is 5.92 Å². The Kier molecular flexibility index (Phi) is 4.14. The molecule has 1 unspecified atom stereocenters. The molecule has 0 fully saturated rings. The molecule has 1 atom stereocenters. The van der Waals surface area contributed by atoms with E-state index in [1.165, 1.54) is 0 Å². The number of hydrogen-bond donors (Lipinski definition) is 1. The minimum Gasteiger partial charge on any atom is -0.481 e. The van der Waals surface area contributed by atoms with Gasteiger partial charge in [0.1, 0.15) is 0 Å². The fourth-order valence-corrected chi connectivity index (χ4v) is 2.34. The summed E-state index contributed by atoms with van der Waals surface area (Å²) in [6, 6.07) is 1.94. The minimum atomic E-state index is -0.694. The molecule has 78 valence electrons. The number of carboxylic acid groups (broad SMARTS) is 1. The van der Waals surface area contributed by atoms with Crippen LogP contribution in [0.1, 0.15) is 42.5 Å². The Morgan fingerprint density at radius 1 is 1.64 bits per heavy atom. The molecule has 0 amide bonds. The van der Waals surface area contributed by atoms with E-state index in [0.29, 0.717) is 0 Å². The number of thiophene rings is 1. The third-order valence-electron chi connectivity index (χ3n) is 2.42. The van der Waals surface area contributed by atoms with Gasteiger partial charge in [-0.3, -0.25) is 4.79 Å². The van der Waals surface area contributed by atoms with E-state index in [1.54, 1.807) is 11.3 Å². The lowest BCUT2D eigenvalue weighted by Crippen LogP contribution is -2.11. The number of aryl methyl sites for hydroxylation is 1. The largest absolute Gasteiger partial charge is 0.481 e. The Morgan fingerprint density at radius 2 is 2.36 bits per heavy atom. The topological polar surface area (TPSA) is 37.3 Å². The lowest BCUT2D eigenvalue weighted by molar-refractivity contribution is -0.139. The van der Waals surface area contributed by atoms with Gasteiger partial charge in [0.2, 0.25) is 0 Å². The second kappa shape index (κ2) is 5.15. The van der Waals surface area contributed by atoms with Crippen LogP contribution in [0.5, 0.6) is 0 Å². The first-order valence-electron chi connectivity index (χ1n) is 4.93. The zero-order valence-corrected chi connectivity index (χ0v) is 9.43. The summed E-state index contributed by atoms with van der Waals surface area (Å²) in [4.78, 5) is 12.2. The Labute approximate surface area is 88.6 Å². The Bertz CT molecular complexity index is 304. The molecule has 0 spiro atoms. The number of carbonyl (C=O) groups is 1. The van der Waals surface area contributed by atoms with Gasteiger partial charge in [-0.15, -0.1) is 11.3 Å². The molecule has 1 aromatic rings. The second-order valence-corrected chi connectivity index (χ2v) is 4.59. The van der Waals surface area contributed by atoms with Crippen LogP contribution in [-0.2, 0) is 4.79 Å². The van der Waals surface area contributed by atoms with E-state index in [9.17, 15) is 4.79 Å². The van der Waals surface area contributed by atoms with Gasteiger partial charge in [-0.05, 0) is 30.4 Å². The maximum Gasteiger partial charge on any atom is 0.311 e. The maximum absolute atomic E-state index is 11.1. The molecule has 1 N–H and O–H groups in total. The average molecular weight is 212 g/mol. The van der Waals surface area contributed by atoms with E-state index in [2.05, 4.69) is 6.92 Å². The molecule has 1 rings (SSSR count). The summed E-state index contributed by atoms with van der Waals surface area (Å²) in [5.74, 6) is -0.999. The molecule has 1 aromatic heterocycles. The van der Waals surface area contributed by atoms with Gasteiger partial charge in [0.15, 0.2) is 0 Å². The van der Waals surface area contributed by atoms with Crippen LogP contribution in [0.3, 0.4) is 0 Å². The highest BCUT2D eigenvalue weighted by Gasteiger charge is 2.21. The number of unbranched alkanes of at least 4 members (excludes halogenated alkanes) is 1. The van der Waals surface area contributed by atoms with E-state index < -0.39 is 5.97 Å². The zero-order chi connectivity index (χ0) is 10.6. The third-order valence-corrected chi connectivity index (χ3v) is 3.28. The summed E-state index contributed by atoms with van der Waals surface area (Å²) in [6.07, 6.45) is 2.78. The molecule has 0 saturated heterocycles. The highest BCUT2D eigenvalue weighted by Crippen LogP contribution is 2.28. The normalized spacial score (nSPS) is 12.7. The van der Waals surface area contributed by atoms with Crippen molar-refractivity contribution in [3.63, 3.8) is 0 Å². The van der Waals surface area contributed by atoms with Crippen molar-refractivity contribution in [2.24, 2.45) is 0 Å². The SMILES string of the molecule is CCCCC(C(=O)O)c1ccsc1C. The molecule has 2 nitrogen and oxygen atoms in total. The van der Waals surface area contributed by atoms with Crippen molar-refractivity contribution in [1.29, 1.82) is 0 Å². The lowest BCUT2D eigenvalue weighted by Gasteiger charge is -2.11. The molecule has 1 heterocycles. The molecule has 0 aliphatic rings. The van der Waals surface area contributed by atoms with Gasteiger partial charge >= 0.3 is 5.97 Å². The number of rotatable bonds is 5. The summed E-state index contributed by atoms with van der Waals surface area (Å²) < 4.78 is 0. The van der Waals surface area contributed by atoms with Crippen molar-refractivity contribution in [2.75, 3.05) is 0 Å². The van der Waals surface area contributed by atoms with Crippen molar-refractivity contribution in [1.82, 2.24) is 0 Å². The Hall–Kier alpha value is -0.830. The van der Waals surface area contributed by atoms with Crippen LogP contribution in [-0.4, -0.2) is 11.1 Å². The van der Waals surface area contributed by atoms with Crippen LogP contribution in [0.2, 0.25) is 0 Å². The fraction of sp³-hybridized carbons (Fsp3) is 0.545. The Balaban J connectivity index is 2.78. The Morgan fingerprint density at radius 3 is 2.79 bits per heavy atom. The first-order valence-corrected chi connectivity index (χ1v) is 5.81. The van der Waals surface area contributed by atoms with Crippen molar-refractivity contribution in [3.8, 4) is 0 Å². The summed E-state index contributed by atoms with van der Waals surface area (Å²) in [7, 11) is 0. The summed E-state index contributed by atoms with van der Waals surface area (Å²) in [5.41, 5.74) is 0.996. The highest BCUT2D eigenvalue weighted by molar-refractivity contribution is 7.10. The van der Waals surface area contributed by atoms with Crippen molar-refractivity contribution >= 4 is 17.3 Å². The van der Waals surface area contributed by atoms with E-state index in [-0.39, 0.29) is 5.92 Å². The van der Waals surface area contributed by atoms with Gasteiger partial charge < -0.3 is 5.11 Å². The number of hydrogen-bond acceptors (Lipinski definition) is 2. The van der Waals surface area contributed by atoms with Gasteiger partial charge in [-0.2, -0.15) is 0 Å². The highest BCUT2D eigenvalue weighted by atomic mass is 32.1. The minimum absolute atomic E-state index is 0.304. The molecular weight excluding hydrogens is 196 g/mol. The van der Waals surface area contributed by atoms with Gasteiger partial charge in [-0.25, -0.2) is 0 Å². The van der Waals surface area contributed by atoms with E-state index in [1.807, 2.05) is 18.4 Å².